The fourth-order valence-corrected chi connectivity index (χ4v) is 3.07. The van der Waals surface area contributed by atoms with E-state index in [1.807, 2.05) is 32.0 Å². The topological polar surface area (TPSA) is 44.8 Å². The van der Waals surface area contributed by atoms with Crippen LogP contribution in [0.5, 0.6) is 5.75 Å². The standard InChI is InChI=1S/C20H24FN3O2/c1-15-3-8-19(16(2)13-15)26-14-22-20(25)24-11-9-23(10-12-24)18-6-4-17(21)5-7-18/h3-8,13H,9-12,14H2,1-2H3,(H,22,25). The molecule has 2 aromatic carbocycles. The van der Waals surface area contributed by atoms with E-state index in [-0.39, 0.29) is 18.6 Å². The largest absolute Gasteiger partial charge is 0.473 e. The monoisotopic (exact) mass is 357 g/mol. The Balaban J connectivity index is 1.44. The number of benzene rings is 2. The van der Waals surface area contributed by atoms with Crippen molar-refractivity contribution < 1.29 is 13.9 Å². The second-order valence-electron chi connectivity index (χ2n) is 6.49. The summed E-state index contributed by atoms with van der Waals surface area (Å²) in [5.74, 6) is 0.535. The van der Waals surface area contributed by atoms with Gasteiger partial charge in [0.25, 0.3) is 0 Å². The van der Waals surface area contributed by atoms with Gasteiger partial charge in [0.05, 0.1) is 0 Å². The van der Waals surface area contributed by atoms with E-state index in [1.165, 1.54) is 17.7 Å². The summed E-state index contributed by atoms with van der Waals surface area (Å²) in [7, 11) is 0. The molecule has 0 atom stereocenters. The highest BCUT2D eigenvalue weighted by Crippen LogP contribution is 2.19. The van der Waals surface area contributed by atoms with E-state index in [1.54, 1.807) is 17.0 Å². The third-order valence-corrected chi connectivity index (χ3v) is 4.54. The van der Waals surface area contributed by atoms with Crippen LogP contribution in [0.4, 0.5) is 14.9 Å². The Kier molecular flexibility index (Phi) is 5.61. The highest BCUT2D eigenvalue weighted by molar-refractivity contribution is 5.74. The van der Waals surface area contributed by atoms with Gasteiger partial charge in [-0.1, -0.05) is 17.7 Å². The van der Waals surface area contributed by atoms with Crippen LogP contribution in [0.2, 0.25) is 0 Å². The van der Waals surface area contributed by atoms with Crippen molar-refractivity contribution in [1.82, 2.24) is 10.2 Å². The van der Waals surface area contributed by atoms with E-state index in [2.05, 4.69) is 10.2 Å². The second kappa shape index (κ2) is 8.08. The molecule has 1 N–H and O–H groups in total. The Morgan fingerprint density at radius 1 is 1.08 bits per heavy atom. The van der Waals surface area contributed by atoms with Crippen LogP contribution in [0, 0.1) is 19.7 Å². The highest BCUT2D eigenvalue weighted by Gasteiger charge is 2.21. The number of carbonyl (C=O) groups is 1. The number of nitrogens with zero attached hydrogens (tertiary/aromatic N) is 2. The van der Waals surface area contributed by atoms with Crippen molar-refractivity contribution in [1.29, 1.82) is 0 Å². The summed E-state index contributed by atoms with van der Waals surface area (Å²) in [5, 5.41) is 2.80. The minimum Gasteiger partial charge on any atom is -0.473 e. The SMILES string of the molecule is Cc1ccc(OCNC(=O)N2CCN(c3ccc(F)cc3)CC2)c(C)c1. The van der Waals surface area contributed by atoms with Gasteiger partial charge in [0.15, 0.2) is 6.73 Å². The number of nitrogens with one attached hydrogen (secondary N) is 1. The molecule has 0 radical (unpaired) electrons. The van der Waals surface area contributed by atoms with Crippen LogP contribution >= 0.6 is 0 Å². The minimum absolute atomic E-state index is 0.131. The molecule has 5 nitrogen and oxygen atoms in total. The molecule has 1 fully saturated rings. The molecule has 0 saturated carbocycles. The quantitative estimate of drug-likeness (QED) is 0.854. The van der Waals surface area contributed by atoms with Gasteiger partial charge in [-0.05, 0) is 49.7 Å². The van der Waals surface area contributed by atoms with Gasteiger partial charge in [0.1, 0.15) is 11.6 Å². The highest BCUT2D eigenvalue weighted by atomic mass is 19.1. The second-order valence-corrected chi connectivity index (χ2v) is 6.49. The first-order valence-corrected chi connectivity index (χ1v) is 8.76. The number of piperazine rings is 1. The van der Waals surface area contributed by atoms with Gasteiger partial charge in [-0.25, -0.2) is 9.18 Å². The number of hydrogen-bond donors (Lipinski definition) is 1. The van der Waals surface area contributed by atoms with E-state index < -0.39 is 0 Å². The summed E-state index contributed by atoms with van der Waals surface area (Å²) in [6.07, 6.45) is 0. The average Bonchev–Trinajstić information content (AvgIpc) is 2.64. The predicted molar refractivity (Wildman–Crippen MR) is 100 cm³/mol. The molecule has 138 valence electrons. The number of amides is 2. The van der Waals surface area contributed by atoms with Crippen molar-refractivity contribution in [2.75, 3.05) is 37.8 Å². The Morgan fingerprint density at radius 3 is 2.42 bits per heavy atom. The van der Waals surface area contributed by atoms with Crippen molar-refractivity contribution in [3.63, 3.8) is 0 Å². The van der Waals surface area contributed by atoms with Crippen molar-refractivity contribution in [2.24, 2.45) is 0 Å². The van der Waals surface area contributed by atoms with Gasteiger partial charge in [0.2, 0.25) is 0 Å². The normalized spacial score (nSPS) is 14.3. The van der Waals surface area contributed by atoms with Gasteiger partial charge in [-0.2, -0.15) is 0 Å². The van der Waals surface area contributed by atoms with E-state index >= 15 is 0 Å². The molecule has 2 aromatic rings. The zero-order valence-corrected chi connectivity index (χ0v) is 15.2. The van der Waals surface area contributed by atoms with Gasteiger partial charge in [-0.3, -0.25) is 0 Å². The zero-order chi connectivity index (χ0) is 18.5. The molecule has 0 aromatic heterocycles. The summed E-state index contributed by atoms with van der Waals surface area (Å²) in [5.41, 5.74) is 3.20. The first-order chi connectivity index (χ1) is 12.5. The number of carbonyl (C=O) groups excluding carboxylic acids is 1. The van der Waals surface area contributed by atoms with Crippen LogP contribution in [0.3, 0.4) is 0 Å². The molecule has 0 aliphatic carbocycles. The maximum absolute atomic E-state index is 13.0. The summed E-state index contributed by atoms with van der Waals surface area (Å²) in [6.45, 7) is 6.83. The molecule has 26 heavy (non-hydrogen) atoms. The molecule has 1 saturated heterocycles. The minimum atomic E-state index is -0.240. The van der Waals surface area contributed by atoms with E-state index in [9.17, 15) is 9.18 Å². The van der Waals surface area contributed by atoms with Crippen molar-refractivity contribution >= 4 is 11.7 Å². The molecule has 0 unspecified atom stereocenters. The van der Waals surface area contributed by atoms with E-state index in [4.69, 9.17) is 4.74 Å². The Labute approximate surface area is 153 Å². The van der Waals surface area contributed by atoms with Gasteiger partial charge in [0, 0.05) is 31.9 Å². The van der Waals surface area contributed by atoms with Gasteiger partial charge < -0.3 is 19.9 Å². The number of anilines is 1. The van der Waals surface area contributed by atoms with E-state index in [0.29, 0.717) is 13.1 Å². The van der Waals surface area contributed by atoms with Crippen LogP contribution < -0.4 is 15.0 Å². The molecule has 2 amide bonds. The molecule has 1 heterocycles. The zero-order valence-electron chi connectivity index (χ0n) is 15.2. The Hall–Kier alpha value is -2.76. The number of halogens is 1. The van der Waals surface area contributed by atoms with Crippen LogP contribution in [0.15, 0.2) is 42.5 Å². The molecule has 0 bridgehead atoms. The smallest absolute Gasteiger partial charge is 0.320 e. The molecule has 6 heteroatoms. The molecular weight excluding hydrogens is 333 g/mol. The first kappa shape index (κ1) is 18.0. The van der Waals surface area contributed by atoms with Crippen LogP contribution in [0.25, 0.3) is 0 Å². The molecule has 3 rings (SSSR count). The fourth-order valence-electron chi connectivity index (χ4n) is 3.07. The van der Waals surface area contributed by atoms with Crippen molar-refractivity contribution in [2.45, 2.75) is 13.8 Å². The summed E-state index contributed by atoms with van der Waals surface area (Å²) in [4.78, 5) is 16.2. The Morgan fingerprint density at radius 2 is 1.77 bits per heavy atom. The first-order valence-electron chi connectivity index (χ1n) is 8.76. The molecule has 0 spiro atoms. The number of aryl methyl sites for hydroxylation is 2. The number of ether oxygens (including phenoxy) is 1. The lowest BCUT2D eigenvalue weighted by molar-refractivity contribution is 0.181. The number of hydrogen-bond acceptors (Lipinski definition) is 3. The Bertz CT molecular complexity index is 756. The maximum atomic E-state index is 13.0. The molecule has 1 aliphatic heterocycles. The summed E-state index contributed by atoms with van der Waals surface area (Å²) >= 11 is 0. The van der Waals surface area contributed by atoms with Crippen molar-refractivity contribution in [3.8, 4) is 5.75 Å². The average molecular weight is 357 g/mol. The van der Waals surface area contributed by atoms with Crippen LogP contribution in [-0.2, 0) is 0 Å². The summed E-state index contributed by atoms with van der Waals surface area (Å²) in [6, 6.07) is 12.3. The lowest BCUT2D eigenvalue weighted by Crippen LogP contribution is -2.52. The molecular formula is C20H24FN3O2. The lowest BCUT2D eigenvalue weighted by Gasteiger charge is -2.36. The predicted octanol–water partition coefficient (Wildman–Crippen LogP) is 3.31. The maximum Gasteiger partial charge on any atom is 0.320 e. The number of urea groups is 1. The van der Waals surface area contributed by atoms with E-state index in [0.717, 1.165) is 30.1 Å². The summed E-state index contributed by atoms with van der Waals surface area (Å²) < 4.78 is 18.7. The fraction of sp³-hybridized carbons (Fsp3) is 0.350. The molecule has 1 aliphatic rings. The van der Waals surface area contributed by atoms with Crippen LogP contribution in [0.1, 0.15) is 11.1 Å². The van der Waals surface area contributed by atoms with Crippen LogP contribution in [-0.4, -0.2) is 43.8 Å². The lowest BCUT2D eigenvalue weighted by atomic mass is 10.1. The van der Waals surface area contributed by atoms with Crippen molar-refractivity contribution in [3.05, 3.63) is 59.4 Å². The third-order valence-electron chi connectivity index (χ3n) is 4.54. The van der Waals surface area contributed by atoms with Gasteiger partial charge >= 0.3 is 6.03 Å². The number of rotatable bonds is 4. The third kappa shape index (κ3) is 4.45. The van der Waals surface area contributed by atoms with Gasteiger partial charge in [-0.15, -0.1) is 0 Å².